The zero-order chi connectivity index (χ0) is 8.27. The molecular formula is C7H14N2O2. The van der Waals surface area contributed by atoms with Crippen LogP contribution in [0.2, 0.25) is 0 Å². The Labute approximate surface area is 66.3 Å². The molecule has 0 unspecified atom stereocenters. The quantitative estimate of drug-likeness (QED) is 0.591. The van der Waals surface area contributed by atoms with Crippen LogP contribution in [0.4, 0.5) is 4.79 Å². The van der Waals surface area contributed by atoms with E-state index in [9.17, 15) is 4.79 Å². The fourth-order valence-electron chi connectivity index (χ4n) is 1.25. The Morgan fingerprint density at radius 1 is 1.55 bits per heavy atom. The number of carbonyl (C=O) groups excluding carboxylic acids is 1. The van der Waals surface area contributed by atoms with Gasteiger partial charge in [0.05, 0.1) is 0 Å². The van der Waals surface area contributed by atoms with Crippen molar-refractivity contribution >= 4 is 6.03 Å². The lowest BCUT2D eigenvalue weighted by Crippen LogP contribution is -2.43. The maximum Gasteiger partial charge on any atom is 0.314 e. The van der Waals surface area contributed by atoms with Crippen molar-refractivity contribution in [3.05, 3.63) is 0 Å². The lowest BCUT2D eigenvalue weighted by atomic mass is 10.1. The summed E-state index contributed by atoms with van der Waals surface area (Å²) in [4.78, 5) is 12.3. The van der Waals surface area contributed by atoms with Crippen LogP contribution >= 0.6 is 0 Å². The topological polar surface area (TPSA) is 55.6 Å². The van der Waals surface area contributed by atoms with Gasteiger partial charge < -0.3 is 15.4 Å². The number of ether oxygens (including phenoxy) is 1. The second-order valence-electron chi connectivity index (χ2n) is 2.79. The van der Waals surface area contributed by atoms with Gasteiger partial charge >= 0.3 is 6.03 Å². The smallest absolute Gasteiger partial charge is 0.314 e. The van der Waals surface area contributed by atoms with Crippen LogP contribution in [0.25, 0.3) is 0 Å². The molecule has 0 bridgehead atoms. The van der Waals surface area contributed by atoms with Gasteiger partial charge in [-0.2, -0.15) is 0 Å². The molecule has 0 atom stereocenters. The van der Waals surface area contributed by atoms with E-state index in [1.165, 1.54) is 0 Å². The number of amides is 2. The lowest BCUT2D eigenvalue weighted by Gasteiger charge is -2.29. The van der Waals surface area contributed by atoms with Crippen LogP contribution in [0.3, 0.4) is 0 Å². The SMILES string of the molecule is CN(C(N)=O)C1CCOCC1. The summed E-state index contributed by atoms with van der Waals surface area (Å²) in [6, 6.07) is -0.0712. The van der Waals surface area contributed by atoms with Gasteiger partial charge in [-0.15, -0.1) is 0 Å². The van der Waals surface area contributed by atoms with Crippen LogP contribution in [0, 0.1) is 0 Å². The number of hydrogen-bond acceptors (Lipinski definition) is 2. The minimum absolute atomic E-state index is 0.279. The fraction of sp³-hybridized carbons (Fsp3) is 0.857. The average Bonchev–Trinajstić information content (AvgIpc) is 2.05. The van der Waals surface area contributed by atoms with Crippen molar-refractivity contribution in [2.45, 2.75) is 18.9 Å². The lowest BCUT2D eigenvalue weighted by molar-refractivity contribution is 0.0539. The number of urea groups is 1. The summed E-state index contributed by atoms with van der Waals surface area (Å²) in [5.41, 5.74) is 5.11. The van der Waals surface area contributed by atoms with E-state index in [2.05, 4.69) is 0 Å². The van der Waals surface area contributed by atoms with E-state index in [0.29, 0.717) is 0 Å². The average molecular weight is 158 g/mol. The summed E-state index contributed by atoms with van der Waals surface area (Å²) in [6.45, 7) is 1.48. The molecule has 64 valence electrons. The molecule has 0 spiro atoms. The Morgan fingerprint density at radius 3 is 2.55 bits per heavy atom. The molecule has 1 aliphatic heterocycles. The number of nitrogens with two attached hydrogens (primary N) is 1. The standard InChI is InChI=1S/C7H14N2O2/c1-9(7(8)10)6-2-4-11-5-3-6/h6H,2-5H2,1H3,(H2,8,10). The third kappa shape index (κ3) is 2.08. The van der Waals surface area contributed by atoms with Crippen molar-refractivity contribution in [2.75, 3.05) is 20.3 Å². The molecule has 4 nitrogen and oxygen atoms in total. The second-order valence-corrected chi connectivity index (χ2v) is 2.79. The third-order valence-corrected chi connectivity index (χ3v) is 2.09. The van der Waals surface area contributed by atoms with Crippen LogP contribution in [0.15, 0.2) is 0 Å². The van der Waals surface area contributed by atoms with Crippen molar-refractivity contribution in [1.29, 1.82) is 0 Å². The van der Waals surface area contributed by atoms with Crippen LogP contribution in [0.5, 0.6) is 0 Å². The molecule has 1 fully saturated rings. The van der Waals surface area contributed by atoms with E-state index < -0.39 is 0 Å². The zero-order valence-corrected chi connectivity index (χ0v) is 6.75. The molecule has 2 N–H and O–H groups in total. The summed E-state index contributed by atoms with van der Waals surface area (Å²) < 4.78 is 5.15. The van der Waals surface area contributed by atoms with Crippen LogP contribution in [-0.4, -0.2) is 37.2 Å². The molecule has 0 saturated carbocycles. The highest BCUT2D eigenvalue weighted by Crippen LogP contribution is 2.11. The molecule has 0 aromatic heterocycles. The Hall–Kier alpha value is -0.770. The normalized spacial score (nSPS) is 19.7. The Balaban J connectivity index is 2.38. The summed E-state index contributed by atoms with van der Waals surface area (Å²) >= 11 is 0. The van der Waals surface area contributed by atoms with Gasteiger partial charge in [0.25, 0.3) is 0 Å². The maximum absolute atomic E-state index is 10.7. The number of primary amides is 1. The van der Waals surface area contributed by atoms with Gasteiger partial charge in [0.1, 0.15) is 0 Å². The van der Waals surface area contributed by atoms with Gasteiger partial charge in [0.15, 0.2) is 0 Å². The van der Waals surface area contributed by atoms with Gasteiger partial charge in [-0.1, -0.05) is 0 Å². The monoisotopic (exact) mass is 158 g/mol. The highest BCUT2D eigenvalue weighted by atomic mass is 16.5. The second kappa shape index (κ2) is 3.57. The first-order valence-corrected chi connectivity index (χ1v) is 3.82. The molecule has 1 rings (SSSR count). The van der Waals surface area contributed by atoms with Crippen molar-refractivity contribution in [1.82, 2.24) is 4.90 Å². The highest BCUT2D eigenvalue weighted by molar-refractivity contribution is 5.71. The molecule has 0 aromatic carbocycles. The number of hydrogen-bond donors (Lipinski definition) is 1. The molecule has 0 aliphatic carbocycles. The third-order valence-electron chi connectivity index (χ3n) is 2.09. The van der Waals surface area contributed by atoms with E-state index in [4.69, 9.17) is 10.5 Å². The largest absolute Gasteiger partial charge is 0.381 e. The van der Waals surface area contributed by atoms with Gasteiger partial charge in [-0.05, 0) is 12.8 Å². The predicted octanol–water partition coefficient (Wildman–Crippen LogP) is 0.176. The first kappa shape index (κ1) is 8.33. The molecule has 0 aromatic rings. The Bertz CT molecular complexity index is 143. The van der Waals surface area contributed by atoms with Crippen LogP contribution < -0.4 is 5.73 Å². The Morgan fingerprint density at radius 2 is 2.09 bits per heavy atom. The van der Waals surface area contributed by atoms with Crippen molar-refractivity contribution in [2.24, 2.45) is 5.73 Å². The van der Waals surface area contributed by atoms with E-state index >= 15 is 0 Å². The van der Waals surface area contributed by atoms with Crippen LogP contribution in [-0.2, 0) is 4.74 Å². The van der Waals surface area contributed by atoms with Crippen LogP contribution in [0.1, 0.15) is 12.8 Å². The van der Waals surface area contributed by atoms with E-state index in [1.54, 1.807) is 11.9 Å². The minimum Gasteiger partial charge on any atom is -0.381 e. The van der Waals surface area contributed by atoms with Gasteiger partial charge in [0.2, 0.25) is 0 Å². The van der Waals surface area contributed by atoms with E-state index in [1.807, 2.05) is 0 Å². The number of carbonyl (C=O) groups is 1. The zero-order valence-electron chi connectivity index (χ0n) is 6.75. The van der Waals surface area contributed by atoms with Gasteiger partial charge in [0, 0.05) is 26.3 Å². The summed E-state index contributed by atoms with van der Waals surface area (Å²) in [5, 5.41) is 0. The molecule has 0 radical (unpaired) electrons. The fourth-order valence-corrected chi connectivity index (χ4v) is 1.25. The first-order chi connectivity index (χ1) is 5.22. The summed E-state index contributed by atoms with van der Waals surface area (Å²) in [7, 11) is 1.73. The van der Waals surface area contributed by atoms with Crippen molar-refractivity contribution < 1.29 is 9.53 Å². The Kier molecular flexibility index (Phi) is 2.70. The molecule has 4 heteroatoms. The molecule has 1 aliphatic rings. The van der Waals surface area contributed by atoms with E-state index in [-0.39, 0.29) is 12.1 Å². The summed E-state index contributed by atoms with van der Waals surface area (Å²) in [6.07, 6.45) is 1.80. The van der Waals surface area contributed by atoms with Crippen molar-refractivity contribution in [3.63, 3.8) is 0 Å². The predicted molar refractivity (Wildman–Crippen MR) is 41.2 cm³/mol. The molecule has 2 amide bonds. The van der Waals surface area contributed by atoms with Crippen molar-refractivity contribution in [3.8, 4) is 0 Å². The maximum atomic E-state index is 10.7. The number of rotatable bonds is 1. The minimum atomic E-state index is -0.350. The number of nitrogens with zero attached hydrogens (tertiary/aromatic N) is 1. The molecular weight excluding hydrogens is 144 g/mol. The van der Waals surface area contributed by atoms with Gasteiger partial charge in [-0.25, -0.2) is 4.79 Å². The summed E-state index contributed by atoms with van der Waals surface area (Å²) in [5.74, 6) is 0. The van der Waals surface area contributed by atoms with E-state index in [0.717, 1.165) is 26.1 Å². The molecule has 1 heterocycles. The van der Waals surface area contributed by atoms with Gasteiger partial charge in [-0.3, -0.25) is 0 Å². The molecule has 11 heavy (non-hydrogen) atoms. The molecule has 1 saturated heterocycles. The first-order valence-electron chi connectivity index (χ1n) is 3.82. The highest BCUT2D eigenvalue weighted by Gasteiger charge is 2.20.